The van der Waals surface area contributed by atoms with Crippen molar-refractivity contribution in [3.05, 3.63) is 95.0 Å². The van der Waals surface area contributed by atoms with Crippen molar-refractivity contribution >= 4 is 17.8 Å². The molecule has 0 unspecified atom stereocenters. The minimum absolute atomic E-state index is 0.0155. The molecule has 11 heteroatoms. The lowest BCUT2D eigenvalue weighted by molar-refractivity contribution is -0.139. The van der Waals surface area contributed by atoms with Crippen LogP contribution in [-0.2, 0) is 22.3 Å². The van der Waals surface area contributed by atoms with E-state index in [-0.39, 0.29) is 48.8 Å². The van der Waals surface area contributed by atoms with Crippen molar-refractivity contribution < 1.29 is 31.9 Å². The molecule has 2 aromatic rings. The van der Waals surface area contributed by atoms with Gasteiger partial charge >= 0.3 is 12.2 Å². The fourth-order valence-electron chi connectivity index (χ4n) is 5.06. The summed E-state index contributed by atoms with van der Waals surface area (Å²) in [6, 6.07) is 7.40. The first-order valence-electron chi connectivity index (χ1n) is 12.8. The molecule has 2 atom stereocenters. The molecule has 0 fully saturated rings. The average molecular weight is 559 g/mol. The van der Waals surface area contributed by atoms with E-state index in [1.807, 2.05) is 13.8 Å². The van der Waals surface area contributed by atoms with Crippen molar-refractivity contribution in [2.24, 2.45) is 5.92 Å². The van der Waals surface area contributed by atoms with Crippen LogP contribution in [0.3, 0.4) is 0 Å². The Morgan fingerprint density at radius 2 is 1.82 bits per heavy atom. The van der Waals surface area contributed by atoms with Gasteiger partial charge in [0.1, 0.15) is 11.9 Å². The molecule has 0 saturated carbocycles. The summed E-state index contributed by atoms with van der Waals surface area (Å²) in [7, 11) is 0. The summed E-state index contributed by atoms with van der Waals surface area (Å²) in [6.07, 6.45) is -3.00. The third-order valence-electron chi connectivity index (χ3n) is 6.89. The minimum Gasteiger partial charge on any atom is -0.350 e. The van der Waals surface area contributed by atoms with Crippen molar-refractivity contribution in [2.75, 3.05) is 13.1 Å². The summed E-state index contributed by atoms with van der Waals surface area (Å²) >= 11 is 0. The second-order valence-corrected chi connectivity index (χ2v) is 10.1. The van der Waals surface area contributed by atoms with Gasteiger partial charge in [-0.1, -0.05) is 50.3 Å². The van der Waals surface area contributed by atoms with E-state index in [9.17, 15) is 31.9 Å². The van der Waals surface area contributed by atoms with Crippen LogP contribution < -0.4 is 10.6 Å². The van der Waals surface area contributed by atoms with Gasteiger partial charge in [-0.15, -0.1) is 6.58 Å². The van der Waals surface area contributed by atoms with Gasteiger partial charge in [0, 0.05) is 13.1 Å². The number of hydrogen-bond acceptors (Lipinski definition) is 3. The Balaban J connectivity index is 1.70. The topological polar surface area (TPSA) is 81.8 Å². The maximum Gasteiger partial charge on any atom is 0.416 e. The van der Waals surface area contributed by atoms with Gasteiger partial charge in [-0.2, -0.15) is 13.2 Å². The van der Waals surface area contributed by atoms with Crippen LogP contribution in [0.1, 0.15) is 43.0 Å². The van der Waals surface area contributed by atoms with Gasteiger partial charge in [-0.3, -0.25) is 14.5 Å². The van der Waals surface area contributed by atoms with Crippen molar-refractivity contribution in [1.29, 1.82) is 0 Å². The van der Waals surface area contributed by atoms with Crippen LogP contribution in [0.4, 0.5) is 22.4 Å². The fourth-order valence-corrected chi connectivity index (χ4v) is 5.06. The first kappa shape index (κ1) is 28.8. The Morgan fingerprint density at radius 1 is 1.15 bits per heavy atom. The SMILES string of the molecule is C=CCN1C(=O)N[C@H](c2ccccc2C(F)(F)F)C2=C1CN([C@H](CC(C)C)C(=O)NCc1ccc(F)cc1)C2=O. The summed E-state index contributed by atoms with van der Waals surface area (Å²) in [5.74, 6) is -1.53. The predicted octanol–water partition coefficient (Wildman–Crippen LogP) is 4.92. The van der Waals surface area contributed by atoms with Crippen LogP contribution in [-0.4, -0.2) is 46.8 Å². The standard InChI is InChI=1S/C29H30F4N4O3/c1-4-13-36-23-16-37(22(14-17(2)3)26(38)34-15-18-9-11-19(30)12-10-18)27(39)24(23)25(35-28(36)40)20-7-5-6-8-21(20)29(31,32)33/h4-12,17,22,25H,1,13-16H2,2-3H3,(H,34,38)(H,35,40)/t22-,25-/m1/s1. The first-order chi connectivity index (χ1) is 18.9. The van der Waals surface area contributed by atoms with Gasteiger partial charge < -0.3 is 15.5 Å². The van der Waals surface area contributed by atoms with E-state index in [0.717, 1.165) is 6.07 Å². The molecule has 0 radical (unpaired) electrons. The summed E-state index contributed by atoms with van der Waals surface area (Å²) < 4.78 is 55.0. The number of nitrogens with zero attached hydrogens (tertiary/aromatic N) is 2. The molecule has 2 aliphatic rings. The zero-order chi connectivity index (χ0) is 29.2. The number of halogens is 4. The van der Waals surface area contributed by atoms with Crippen LogP contribution in [0.2, 0.25) is 0 Å². The lowest BCUT2D eigenvalue weighted by Crippen LogP contribution is -2.49. The van der Waals surface area contributed by atoms with Crippen molar-refractivity contribution in [1.82, 2.24) is 20.4 Å². The third kappa shape index (κ3) is 5.88. The van der Waals surface area contributed by atoms with Gasteiger partial charge in [-0.05, 0) is 41.7 Å². The summed E-state index contributed by atoms with van der Waals surface area (Å²) in [6.45, 7) is 7.38. The van der Waals surface area contributed by atoms with Gasteiger partial charge in [0.15, 0.2) is 0 Å². The largest absolute Gasteiger partial charge is 0.416 e. The number of hydrogen-bond donors (Lipinski definition) is 2. The van der Waals surface area contributed by atoms with Gasteiger partial charge in [0.2, 0.25) is 5.91 Å². The number of rotatable bonds is 9. The lowest BCUT2D eigenvalue weighted by atomic mass is 9.91. The minimum atomic E-state index is -4.72. The quantitative estimate of drug-likeness (QED) is 0.339. The van der Waals surface area contributed by atoms with E-state index < -0.39 is 47.5 Å². The highest BCUT2D eigenvalue weighted by Gasteiger charge is 2.48. The van der Waals surface area contributed by atoms with E-state index in [1.165, 1.54) is 58.3 Å². The summed E-state index contributed by atoms with van der Waals surface area (Å²) in [5, 5.41) is 5.35. The first-order valence-corrected chi connectivity index (χ1v) is 12.8. The molecular weight excluding hydrogens is 528 g/mol. The van der Waals surface area contributed by atoms with Crippen LogP contribution in [0.15, 0.2) is 72.5 Å². The van der Waals surface area contributed by atoms with Gasteiger partial charge in [0.25, 0.3) is 5.91 Å². The highest BCUT2D eigenvalue weighted by Crippen LogP contribution is 2.42. The zero-order valence-electron chi connectivity index (χ0n) is 22.1. The van der Waals surface area contributed by atoms with Crippen LogP contribution in [0.5, 0.6) is 0 Å². The predicted molar refractivity (Wildman–Crippen MR) is 140 cm³/mol. The van der Waals surface area contributed by atoms with Crippen molar-refractivity contribution in [3.63, 3.8) is 0 Å². The normalized spacial score (nSPS) is 18.1. The highest BCUT2D eigenvalue weighted by molar-refractivity contribution is 6.03. The molecule has 7 nitrogen and oxygen atoms in total. The maximum absolute atomic E-state index is 13.9. The van der Waals surface area contributed by atoms with Crippen LogP contribution >= 0.6 is 0 Å². The van der Waals surface area contributed by atoms with Crippen LogP contribution in [0, 0.1) is 11.7 Å². The number of amides is 4. The summed E-state index contributed by atoms with van der Waals surface area (Å²) in [5.41, 5.74) is -0.357. The Kier molecular flexibility index (Phi) is 8.32. The molecular formula is C29H30F4N4O3. The summed E-state index contributed by atoms with van der Waals surface area (Å²) in [4.78, 5) is 43.0. The molecule has 4 rings (SSSR count). The van der Waals surface area contributed by atoms with E-state index in [4.69, 9.17) is 0 Å². The van der Waals surface area contributed by atoms with Crippen molar-refractivity contribution in [2.45, 2.75) is 45.1 Å². The molecule has 40 heavy (non-hydrogen) atoms. The smallest absolute Gasteiger partial charge is 0.350 e. The van der Waals surface area contributed by atoms with E-state index in [0.29, 0.717) is 5.56 Å². The Labute approximate surface area is 229 Å². The zero-order valence-corrected chi connectivity index (χ0v) is 22.1. The number of carbonyl (C=O) groups excluding carboxylic acids is 3. The van der Waals surface area contributed by atoms with E-state index in [2.05, 4.69) is 17.2 Å². The molecule has 2 aromatic carbocycles. The molecule has 2 heterocycles. The average Bonchev–Trinajstić information content (AvgIpc) is 3.24. The molecule has 0 spiro atoms. The highest BCUT2D eigenvalue weighted by atomic mass is 19.4. The number of alkyl halides is 3. The molecule has 0 bridgehead atoms. The molecule has 2 aliphatic heterocycles. The molecule has 0 aliphatic carbocycles. The van der Waals surface area contributed by atoms with Crippen molar-refractivity contribution in [3.8, 4) is 0 Å². The second kappa shape index (κ2) is 11.5. The fraction of sp³-hybridized carbons (Fsp3) is 0.345. The monoisotopic (exact) mass is 558 g/mol. The molecule has 212 valence electrons. The number of benzene rings is 2. The van der Waals surface area contributed by atoms with Gasteiger partial charge in [0.05, 0.1) is 29.4 Å². The van der Waals surface area contributed by atoms with Gasteiger partial charge in [-0.25, -0.2) is 9.18 Å². The van der Waals surface area contributed by atoms with E-state index in [1.54, 1.807) is 0 Å². The number of urea groups is 1. The Bertz CT molecular complexity index is 1340. The van der Waals surface area contributed by atoms with E-state index >= 15 is 0 Å². The third-order valence-corrected chi connectivity index (χ3v) is 6.89. The number of carbonyl (C=O) groups is 3. The molecule has 0 saturated heterocycles. The lowest BCUT2D eigenvalue weighted by Gasteiger charge is -2.33. The molecule has 0 aromatic heterocycles. The second-order valence-electron chi connectivity index (χ2n) is 10.1. The molecule has 4 amide bonds. The number of nitrogens with one attached hydrogen (secondary N) is 2. The maximum atomic E-state index is 13.9. The Hall–Kier alpha value is -4.15. The van der Waals surface area contributed by atoms with Crippen LogP contribution in [0.25, 0.3) is 0 Å². The molecule has 2 N–H and O–H groups in total. The Morgan fingerprint density at radius 3 is 2.45 bits per heavy atom.